The van der Waals surface area contributed by atoms with Crippen molar-refractivity contribution in [1.82, 2.24) is 5.32 Å². The average Bonchev–Trinajstić information content (AvgIpc) is 2.55. The van der Waals surface area contributed by atoms with Crippen LogP contribution in [0.3, 0.4) is 0 Å². The minimum Gasteiger partial charge on any atom is -0.493 e. The number of ether oxygens (including phenoxy) is 2. The highest BCUT2D eigenvalue weighted by molar-refractivity contribution is 5.42. The van der Waals surface area contributed by atoms with Crippen LogP contribution in [-0.4, -0.2) is 20.8 Å². The standard InChI is InChI=1S/C19H25NO2/c1-14-5-8-17(9-6-14)15(2)20-12-11-16-7-10-18(21-3)19(13-16)22-4/h5-10,13,15,20H,11-12H2,1-4H3. The zero-order valence-corrected chi connectivity index (χ0v) is 13.8. The second-order valence-electron chi connectivity index (χ2n) is 5.53. The third kappa shape index (κ3) is 4.25. The molecule has 2 aromatic carbocycles. The topological polar surface area (TPSA) is 30.5 Å². The minimum atomic E-state index is 0.348. The van der Waals surface area contributed by atoms with Gasteiger partial charge in [0.25, 0.3) is 0 Å². The van der Waals surface area contributed by atoms with Gasteiger partial charge < -0.3 is 14.8 Å². The molecule has 0 aliphatic rings. The fraction of sp³-hybridized carbons (Fsp3) is 0.368. The Bertz CT molecular complexity index is 593. The van der Waals surface area contributed by atoms with Gasteiger partial charge in [-0.2, -0.15) is 0 Å². The number of methoxy groups -OCH3 is 2. The highest BCUT2D eigenvalue weighted by atomic mass is 16.5. The van der Waals surface area contributed by atoms with Crippen molar-refractivity contribution in [2.75, 3.05) is 20.8 Å². The Hall–Kier alpha value is -2.00. The molecule has 0 radical (unpaired) electrons. The van der Waals surface area contributed by atoms with E-state index in [2.05, 4.69) is 49.5 Å². The van der Waals surface area contributed by atoms with Crippen LogP contribution in [0.1, 0.15) is 29.7 Å². The molecule has 2 aromatic rings. The van der Waals surface area contributed by atoms with Gasteiger partial charge in [-0.25, -0.2) is 0 Å². The van der Waals surface area contributed by atoms with Gasteiger partial charge in [0.05, 0.1) is 14.2 Å². The Morgan fingerprint density at radius 1 is 0.955 bits per heavy atom. The Morgan fingerprint density at radius 2 is 1.64 bits per heavy atom. The Balaban J connectivity index is 1.89. The van der Waals surface area contributed by atoms with Crippen LogP contribution in [0.4, 0.5) is 0 Å². The fourth-order valence-corrected chi connectivity index (χ4v) is 2.44. The summed E-state index contributed by atoms with van der Waals surface area (Å²) >= 11 is 0. The highest BCUT2D eigenvalue weighted by Gasteiger charge is 2.06. The summed E-state index contributed by atoms with van der Waals surface area (Å²) in [5.41, 5.74) is 3.85. The molecule has 0 bridgehead atoms. The molecule has 0 aliphatic carbocycles. The molecule has 3 nitrogen and oxygen atoms in total. The third-order valence-electron chi connectivity index (χ3n) is 3.89. The lowest BCUT2D eigenvalue weighted by Crippen LogP contribution is -2.21. The van der Waals surface area contributed by atoms with E-state index in [1.54, 1.807) is 14.2 Å². The summed E-state index contributed by atoms with van der Waals surface area (Å²) in [7, 11) is 3.32. The maximum Gasteiger partial charge on any atom is 0.160 e. The molecular formula is C19H25NO2. The average molecular weight is 299 g/mol. The largest absolute Gasteiger partial charge is 0.493 e. The first-order chi connectivity index (χ1) is 10.6. The predicted octanol–water partition coefficient (Wildman–Crippen LogP) is 3.91. The number of hydrogen-bond donors (Lipinski definition) is 1. The van der Waals surface area contributed by atoms with Gasteiger partial charge in [-0.1, -0.05) is 35.9 Å². The number of rotatable bonds is 7. The summed E-state index contributed by atoms with van der Waals surface area (Å²) in [5.74, 6) is 1.55. The minimum absolute atomic E-state index is 0.348. The van der Waals surface area contributed by atoms with Gasteiger partial charge in [0, 0.05) is 6.04 Å². The van der Waals surface area contributed by atoms with E-state index in [4.69, 9.17) is 9.47 Å². The molecule has 3 heteroatoms. The summed E-state index contributed by atoms with van der Waals surface area (Å²) in [6, 6.07) is 15.1. The SMILES string of the molecule is COc1ccc(CCNC(C)c2ccc(C)cc2)cc1OC. The van der Waals surface area contributed by atoms with Crippen LogP contribution in [0.25, 0.3) is 0 Å². The molecule has 1 unspecified atom stereocenters. The van der Waals surface area contributed by atoms with Gasteiger partial charge in [-0.3, -0.25) is 0 Å². The van der Waals surface area contributed by atoms with Crippen LogP contribution in [0.5, 0.6) is 11.5 Å². The van der Waals surface area contributed by atoms with Crippen molar-refractivity contribution >= 4 is 0 Å². The first-order valence-corrected chi connectivity index (χ1v) is 7.65. The van der Waals surface area contributed by atoms with Crippen LogP contribution >= 0.6 is 0 Å². The van der Waals surface area contributed by atoms with Gasteiger partial charge in [0.2, 0.25) is 0 Å². The van der Waals surface area contributed by atoms with Gasteiger partial charge in [0.15, 0.2) is 11.5 Å². The van der Waals surface area contributed by atoms with Gasteiger partial charge in [-0.15, -0.1) is 0 Å². The van der Waals surface area contributed by atoms with E-state index in [1.807, 2.05) is 12.1 Å². The quantitative estimate of drug-likeness (QED) is 0.841. The predicted molar refractivity (Wildman–Crippen MR) is 90.8 cm³/mol. The molecule has 0 aromatic heterocycles. The Morgan fingerprint density at radius 3 is 2.27 bits per heavy atom. The van der Waals surface area contributed by atoms with Crippen molar-refractivity contribution < 1.29 is 9.47 Å². The summed E-state index contributed by atoms with van der Waals surface area (Å²) < 4.78 is 10.6. The molecule has 1 N–H and O–H groups in total. The van der Waals surface area contributed by atoms with Crippen LogP contribution < -0.4 is 14.8 Å². The van der Waals surface area contributed by atoms with Gasteiger partial charge in [0.1, 0.15) is 0 Å². The zero-order valence-electron chi connectivity index (χ0n) is 13.8. The number of benzene rings is 2. The number of nitrogens with one attached hydrogen (secondary N) is 1. The molecule has 0 aliphatic heterocycles. The zero-order chi connectivity index (χ0) is 15.9. The van der Waals surface area contributed by atoms with E-state index in [0.717, 1.165) is 24.5 Å². The van der Waals surface area contributed by atoms with E-state index in [0.29, 0.717) is 6.04 Å². The van der Waals surface area contributed by atoms with Gasteiger partial charge >= 0.3 is 0 Å². The molecule has 0 spiro atoms. The second-order valence-corrected chi connectivity index (χ2v) is 5.53. The van der Waals surface area contributed by atoms with E-state index in [9.17, 15) is 0 Å². The number of aryl methyl sites for hydroxylation is 1. The van der Waals surface area contributed by atoms with Crippen LogP contribution in [-0.2, 0) is 6.42 Å². The van der Waals surface area contributed by atoms with E-state index < -0.39 is 0 Å². The first kappa shape index (κ1) is 16.4. The van der Waals surface area contributed by atoms with Crippen molar-refractivity contribution in [1.29, 1.82) is 0 Å². The molecule has 0 heterocycles. The smallest absolute Gasteiger partial charge is 0.160 e. The van der Waals surface area contributed by atoms with Crippen LogP contribution in [0.15, 0.2) is 42.5 Å². The molecule has 0 saturated carbocycles. The highest BCUT2D eigenvalue weighted by Crippen LogP contribution is 2.27. The van der Waals surface area contributed by atoms with Gasteiger partial charge in [-0.05, 0) is 50.1 Å². The maximum absolute atomic E-state index is 5.34. The van der Waals surface area contributed by atoms with Crippen molar-refractivity contribution in [3.8, 4) is 11.5 Å². The molecule has 0 fully saturated rings. The van der Waals surface area contributed by atoms with E-state index in [-0.39, 0.29) is 0 Å². The molecule has 22 heavy (non-hydrogen) atoms. The van der Waals surface area contributed by atoms with Crippen molar-refractivity contribution in [3.63, 3.8) is 0 Å². The lowest BCUT2D eigenvalue weighted by molar-refractivity contribution is 0.354. The molecule has 0 amide bonds. The lowest BCUT2D eigenvalue weighted by Gasteiger charge is -2.15. The van der Waals surface area contributed by atoms with Crippen molar-refractivity contribution in [2.24, 2.45) is 0 Å². The normalized spacial score (nSPS) is 12.0. The molecule has 1 atom stereocenters. The lowest BCUT2D eigenvalue weighted by atomic mass is 10.1. The van der Waals surface area contributed by atoms with Crippen molar-refractivity contribution in [3.05, 3.63) is 59.2 Å². The van der Waals surface area contributed by atoms with E-state index in [1.165, 1.54) is 16.7 Å². The molecule has 118 valence electrons. The number of hydrogen-bond acceptors (Lipinski definition) is 3. The summed E-state index contributed by atoms with van der Waals surface area (Å²) in [4.78, 5) is 0. The third-order valence-corrected chi connectivity index (χ3v) is 3.89. The monoisotopic (exact) mass is 299 g/mol. The molecular weight excluding hydrogens is 274 g/mol. The maximum atomic E-state index is 5.34. The fourth-order valence-electron chi connectivity index (χ4n) is 2.44. The first-order valence-electron chi connectivity index (χ1n) is 7.65. The molecule has 0 saturated heterocycles. The van der Waals surface area contributed by atoms with E-state index >= 15 is 0 Å². The Labute approximate surface area is 133 Å². The summed E-state index contributed by atoms with van der Waals surface area (Å²) in [6.07, 6.45) is 0.955. The summed E-state index contributed by atoms with van der Waals surface area (Å²) in [5, 5.41) is 3.56. The van der Waals surface area contributed by atoms with Crippen molar-refractivity contribution in [2.45, 2.75) is 26.3 Å². The Kier molecular flexibility index (Phi) is 5.84. The summed E-state index contributed by atoms with van der Waals surface area (Å²) in [6.45, 7) is 5.22. The van der Waals surface area contributed by atoms with Crippen LogP contribution in [0.2, 0.25) is 0 Å². The second kappa shape index (κ2) is 7.85. The molecule has 2 rings (SSSR count). The van der Waals surface area contributed by atoms with Crippen LogP contribution in [0, 0.1) is 6.92 Å².